The molecular formula is C14H30N4O3S. The molecule has 4 N–H and O–H groups in total. The van der Waals surface area contributed by atoms with Gasteiger partial charge in [-0.1, -0.05) is 0 Å². The lowest BCUT2D eigenvalue weighted by Gasteiger charge is -2.28. The molecule has 1 aliphatic rings. The highest BCUT2D eigenvalue weighted by atomic mass is 32.2. The average molecular weight is 334 g/mol. The molecule has 0 spiro atoms. The summed E-state index contributed by atoms with van der Waals surface area (Å²) in [5.74, 6) is 0.687. The van der Waals surface area contributed by atoms with Crippen molar-refractivity contribution in [1.29, 1.82) is 0 Å². The predicted octanol–water partition coefficient (Wildman–Crippen LogP) is 0.173. The number of aliphatic hydroxyl groups is 1. The third-order valence-corrected chi connectivity index (χ3v) is 4.40. The van der Waals surface area contributed by atoms with E-state index in [2.05, 4.69) is 20.3 Å². The lowest BCUT2D eigenvalue weighted by molar-refractivity contribution is 0.120. The summed E-state index contributed by atoms with van der Waals surface area (Å²) >= 11 is 0. The largest absolute Gasteiger partial charge is 0.393 e. The molecule has 0 radical (unpaired) electrons. The predicted molar refractivity (Wildman–Crippen MR) is 89.4 cm³/mol. The van der Waals surface area contributed by atoms with Crippen molar-refractivity contribution in [2.75, 3.05) is 19.3 Å². The third kappa shape index (κ3) is 7.95. The van der Waals surface area contributed by atoms with Crippen LogP contribution in [0, 0.1) is 0 Å². The molecule has 1 fully saturated rings. The fourth-order valence-corrected chi connectivity index (χ4v) is 3.61. The van der Waals surface area contributed by atoms with Crippen LogP contribution in [-0.4, -0.2) is 56.5 Å². The van der Waals surface area contributed by atoms with Crippen LogP contribution in [0.4, 0.5) is 0 Å². The zero-order chi connectivity index (χ0) is 16.8. The minimum absolute atomic E-state index is 0.185. The zero-order valence-electron chi connectivity index (χ0n) is 14.0. The van der Waals surface area contributed by atoms with Gasteiger partial charge in [0.2, 0.25) is 10.0 Å². The lowest BCUT2D eigenvalue weighted by atomic mass is 9.93. The first-order valence-electron chi connectivity index (χ1n) is 7.83. The summed E-state index contributed by atoms with van der Waals surface area (Å²) in [5, 5.41) is 16.1. The fraction of sp³-hybridized carbons (Fsp3) is 0.929. The number of hydrogen-bond acceptors (Lipinski definition) is 4. The summed E-state index contributed by atoms with van der Waals surface area (Å²) in [7, 11) is -3.26. The van der Waals surface area contributed by atoms with Crippen molar-refractivity contribution >= 4 is 16.0 Å². The van der Waals surface area contributed by atoms with Gasteiger partial charge in [0.05, 0.1) is 18.9 Å². The van der Waals surface area contributed by atoms with Crippen molar-refractivity contribution in [1.82, 2.24) is 15.4 Å². The SMILES string of the molecule is CCNC(=NCC(C)(C)NS(C)(=O)=O)NC1CCC(O)CC1. The van der Waals surface area contributed by atoms with Crippen molar-refractivity contribution in [3.63, 3.8) is 0 Å². The summed E-state index contributed by atoms with van der Waals surface area (Å²) in [6.07, 6.45) is 4.40. The molecule has 0 aromatic heterocycles. The van der Waals surface area contributed by atoms with Crippen LogP contribution in [0.2, 0.25) is 0 Å². The quantitative estimate of drug-likeness (QED) is 0.410. The van der Waals surface area contributed by atoms with E-state index in [1.54, 1.807) is 13.8 Å². The monoisotopic (exact) mass is 334 g/mol. The van der Waals surface area contributed by atoms with Crippen molar-refractivity contribution in [3.8, 4) is 0 Å². The molecule has 0 aromatic carbocycles. The van der Waals surface area contributed by atoms with Crippen LogP contribution in [0.1, 0.15) is 46.5 Å². The van der Waals surface area contributed by atoms with E-state index in [0.29, 0.717) is 18.5 Å². The minimum atomic E-state index is -3.26. The van der Waals surface area contributed by atoms with Gasteiger partial charge in [-0.3, -0.25) is 4.99 Å². The summed E-state index contributed by atoms with van der Waals surface area (Å²) < 4.78 is 25.3. The smallest absolute Gasteiger partial charge is 0.209 e. The van der Waals surface area contributed by atoms with Crippen LogP contribution in [0.15, 0.2) is 4.99 Å². The normalized spacial score (nSPS) is 24.1. The second-order valence-electron chi connectivity index (χ2n) is 6.60. The van der Waals surface area contributed by atoms with Crippen LogP contribution >= 0.6 is 0 Å². The van der Waals surface area contributed by atoms with Crippen molar-refractivity contribution in [2.24, 2.45) is 4.99 Å². The highest BCUT2D eigenvalue weighted by Gasteiger charge is 2.23. The van der Waals surface area contributed by atoms with Crippen molar-refractivity contribution < 1.29 is 13.5 Å². The van der Waals surface area contributed by atoms with Gasteiger partial charge in [0.25, 0.3) is 0 Å². The van der Waals surface area contributed by atoms with E-state index < -0.39 is 15.6 Å². The molecule has 22 heavy (non-hydrogen) atoms. The molecular weight excluding hydrogens is 304 g/mol. The highest BCUT2D eigenvalue weighted by Crippen LogP contribution is 2.18. The van der Waals surface area contributed by atoms with E-state index >= 15 is 0 Å². The second kappa shape index (κ2) is 8.12. The number of hydrogen-bond donors (Lipinski definition) is 4. The van der Waals surface area contributed by atoms with Gasteiger partial charge in [0.15, 0.2) is 5.96 Å². The van der Waals surface area contributed by atoms with Crippen LogP contribution in [-0.2, 0) is 10.0 Å². The Kier molecular flexibility index (Phi) is 7.08. The average Bonchev–Trinajstić information content (AvgIpc) is 2.36. The molecule has 0 aliphatic heterocycles. The van der Waals surface area contributed by atoms with Gasteiger partial charge in [0, 0.05) is 18.1 Å². The summed E-state index contributed by atoms with van der Waals surface area (Å²) in [6.45, 7) is 6.67. The van der Waals surface area contributed by atoms with Gasteiger partial charge in [-0.05, 0) is 46.5 Å². The summed E-state index contributed by atoms with van der Waals surface area (Å²) in [6, 6.07) is 0.298. The maximum Gasteiger partial charge on any atom is 0.209 e. The van der Waals surface area contributed by atoms with Crippen LogP contribution in [0.5, 0.6) is 0 Å². The molecule has 0 heterocycles. The van der Waals surface area contributed by atoms with Gasteiger partial charge in [0.1, 0.15) is 0 Å². The van der Waals surface area contributed by atoms with Crippen LogP contribution in [0.25, 0.3) is 0 Å². The number of guanidine groups is 1. The Balaban J connectivity index is 2.61. The van der Waals surface area contributed by atoms with Gasteiger partial charge < -0.3 is 15.7 Å². The highest BCUT2D eigenvalue weighted by molar-refractivity contribution is 7.88. The molecule has 0 saturated heterocycles. The van der Waals surface area contributed by atoms with E-state index in [-0.39, 0.29) is 6.10 Å². The second-order valence-corrected chi connectivity index (χ2v) is 8.35. The molecule has 1 saturated carbocycles. The number of nitrogens with one attached hydrogen (secondary N) is 3. The third-order valence-electron chi connectivity index (χ3n) is 3.48. The Labute approximate surface area is 134 Å². The van der Waals surface area contributed by atoms with Gasteiger partial charge >= 0.3 is 0 Å². The van der Waals surface area contributed by atoms with Gasteiger partial charge in [-0.2, -0.15) is 0 Å². The number of aliphatic hydroxyl groups excluding tert-OH is 1. The maximum absolute atomic E-state index is 11.4. The Morgan fingerprint density at radius 2 is 1.86 bits per heavy atom. The van der Waals surface area contributed by atoms with Crippen molar-refractivity contribution in [2.45, 2.75) is 64.1 Å². The van der Waals surface area contributed by atoms with E-state index in [4.69, 9.17) is 0 Å². The number of nitrogens with zero attached hydrogens (tertiary/aromatic N) is 1. The number of rotatable bonds is 6. The minimum Gasteiger partial charge on any atom is -0.393 e. The van der Waals surface area contributed by atoms with E-state index in [9.17, 15) is 13.5 Å². The first-order valence-corrected chi connectivity index (χ1v) is 9.72. The summed E-state index contributed by atoms with van der Waals surface area (Å²) in [4.78, 5) is 4.49. The molecule has 1 rings (SSSR count). The first kappa shape index (κ1) is 19.2. The molecule has 0 amide bonds. The maximum atomic E-state index is 11.4. The molecule has 0 aromatic rings. The first-order chi connectivity index (χ1) is 10.1. The fourth-order valence-electron chi connectivity index (χ4n) is 2.54. The van der Waals surface area contributed by atoms with Gasteiger partial charge in [-0.15, -0.1) is 0 Å². The number of sulfonamides is 1. The van der Waals surface area contributed by atoms with E-state index in [1.165, 1.54) is 0 Å². The standard InChI is InChI=1S/C14H30N4O3S/c1-5-15-13(17-11-6-8-12(19)9-7-11)16-10-14(2,3)18-22(4,20)21/h11-12,18-19H,5-10H2,1-4H3,(H2,15,16,17). The molecule has 0 bridgehead atoms. The molecule has 8 heteroatoms. The Hall–Kier alpha value is -0.860. The van der Waals surface area contributed by atoms with E-state index in [0.717, 1.165) is 38.5 Å². The Bertz CT molecular complexity index is 468. The molecule has 130 valence electrons. The lowest BCUT2D eigenvalue weighted by Crippen LogP contribution is -2.48. The van der Waals surface area contributed by atoms with Crippen molar-refractivity contribution in [3.05, 3.63) is 0 Å². The van der Waals surface area contributed by atoms with Crippen LogP contribution in [0.3, 0.4) is 0 Å². The number of aliphatic imine (C=N–C) groups is 1. The summed E-state index contributed by atoms with van der Waals surface area (Å²) in [5.41, 5.74) is -0.640. The van der Waals surface area contributed by atoms with Crippen LogP contribution < -0.4 is 15.4 Å². The molecule has 1 aliphatic carbocycles. The molecule has 0 unspecified atom stereocenters. The van der Waals surface area contributed by atoms with E-state index in [1.807, 2.05) is 6.92 Å². The zero-order valence-corrected chi connectivity index (χ0v) is 14.8. The topological polar surface area (TPSA) is 103 Å². The van der Waals surface area contributed by atoms with Gasteiger partial charge in [-0.25, -0.2) is 13.1 Å². The Morgan fingerprint density at radius 1 is 1.27 bits per heavy atom. The molecule has 0 atom stereocenters. The molecule has 7 nitrogen and oxygen atoms in total. The Morgan fingerprint density at radius 3 is 2.36 bits per heavy atom.